The highest BCUT2D eigenvalue weighted by molar-refractivity contribution is 9.10. The van der Waals surface area contributed by atoms with Crippen molar-refractivity contribution in [3.05, 3.63) is 33.8 Å². The summed E-state index contributed by atoms with van der Waals surface area (Å²) in [4.78, 5) is 11.2. The fourth-order valence-electron chi connectivity index (χ4n) is 1.13. The number of hydrogen-bond acceptors (Lipinski definition) is 3. The first kappa shape index (κ1) is 11.2. The van der Waals surface area contributed by atoms with E-state index in [0.29, 0.717) is 12.0 Å². The molecule has 1 aromatic carbocycles. The molecule has 1 rings (SSSR count). The number of halogens is 1. The van der Waals surface area contributed by atoms with E-state index in [1.54, 1.807) is 18.2 Å². The van der Waals surface area contributed by atoms with Gasteiger partial charge in [0.15, 0.2) is 0 Å². The average Bonchev–Trinajstić information content (AvgIpc) is 2.20. The van der Waals surface area contributed by atoms with E-state index < -0.39 is 0 Å². The van der Waals surface area contributed by atoms with E-state index in [2.05, 4.69) is 20.7 Å². The summed E-state index contributed by atoms with van der Waals surface area (Å²) in [5, 5.41) is 8.79. The first-order valence-corrected chi connectivity index (χ1v) is 4.96. The van der Waals surface area contributed by atoms with Gasteiger partial charge in [-0.25, -0.2) is 4.79 Å². The number of carbonyl (C=O) groups is 1. The van der Waals surface area contributed by atoms with Gasteiger partial charge in [0, 0.05) is 11.1 Å². The average molecular weight is 259 g/mol. The number of esters is 1. The molecule has 0 spiro atoms. The summed E-state index contributed by atoms with van der Waals surface area (Å²) in [6.45, 7) is 0.0588. The van der Waals surface area contributed by atoms with Crippen LogP contribution in [0.3, 0.4) is 0 Å². The summed E-state index contributed by atoms with van der Waals surface area (Å²) in [6, 6.07) is 5.17. The van der Waals surface area contributed by atoms with Crippen LogP contribution >= 0.6 is 15.9 Å². The maximum absolute atomic E-state index is 11.2. The Morgan fingerprint density at radius 1 is 1.57 bits per heavy atom. The fourth-order valence-corrected chi connectivity index (χ4v) is 1.58. The Balaban J connectivity index is 2.99. The Bertz CT molecular complexity index is 336. The monoisotopic (exact) mass is 258 g/mol. The standard InChI is InChI=1S/C10H11BrO3/c1-14-10(13)8-2-3-9(11)7(6-8)4-5-12/h2-3,6,12H,4-5H2,1H3. The van der Waals surface area contributed by atoms with Gasteiger partial charge in [-0.15, -0.1) is 0 Å². The molecule has 0 aliphatic heterocycles. The summed E-state index contributed by atoms with van der Waals surface area (Å²) in [5.41, 5.74) is 1.40. The molecule has 0 saturated carbocycles. The van der Waals surface area contributed by atoms with Crippen molar-refractivity contribution in [1.29, 1.82) is 0 Å². The Labute approximate surface area is 90.8 Å². The molecule has 0 bridgehead atoms. The highest BCUT2D eigenvalue weighted by Crippen LogP contribution is 2.19. The maximum Gasteiger partial charge on any atom is 0.337 e. The van der Waals surface area contributed by atoms with E-state index in [0.717, 1.165) is 10.0 Å². The summed E-state index contributed by atoms with van der Waals surface area (Å²) < 4.78 is 5.48. The molecule has 0 radical (unpaired) electrons. The molecule has 0 unspecified atom stereocenters. The fraction of sp³-hybridized carbons (Fsp3) is 0.300. The second-order valence-electron chi connectivity index (χ2n) is 2.77. The van der Waals surface area contributed by atoms with Crippen molar-refractivity contribution in [2.45, 2.75) is 6.42 Å². The quantitative estimate of drug-likeness (QED) is 0.841. The van der Waals surface area contributed by atoms with Crippen molar-refractivity contribution < 1.29 is 14.6 Å². The minimum absolute atomic E-state index is 0.0588. The van der Waals surface area contributed by atoms with Crippen molar-refractivity contribution in [3.63, 3.8) is 0 Å². The lowest BCUT2D eigenvalue weighted by molar-refractivity contribution is 0.0600. The SMILES string of the molecule is COC(=O)c1ccc(Br)c(CCO)c1. The largest absolute Gasteiger partial charge is 0.465 e. The van der Waals surface area contributed by atoms with Crippen molar-refractivity contribution in [2.75, 3.05) is 13.7 Å². The molecule has 1 aromatic rings. The number of rotatable bonds is 3. The molecule has 0 fully saturated rings. The van der Waals surface area contributed by atoms with Crippen LogP contribution in [0.15, 0.2) is 22.7 Å². The molecule has 14 heavy (non-hydrogen) atoms. The van der Waals surface area contributed by atoms with Crippen LogP contribution in [0.25, 0.3) is 0 Å². The van der Waals surface area contributed by atoms with Crippen LogP contribution in [-0.2, 0) is 11.2 Å². The van der Waals surface area contributed by atoms with Crippen LogP contribution in [-0.4, -0.2) is 24.8 Å². The van der Waals surface area contributed by atoms with E-state index in [-0.39, 0.29) is 12.6 Å². The van der Waals surface area contributed by atoms with Gasteiger partial charge in [-0.2, -0.15) is 0 Å². The Kier molecular flexibility index (Phi) is 4.10. The van der Waals surface area contributed by atoms with Gasteiger partial charge in [-0.05, 0) is 30.2 Å². The van der Waals surface area contributed by atoms with Crippen LogP contribution in [0, 0.1) is 0 Å². The first-order chi connectivity index (χ1) is 6.69. The van der Waals surface area contributed by atoms with Crippen LogP contribution in [0.2, 0.25) is 0 Å². The number of methoxy groups -OCH3 is 1. The number of carbonyl (C=O) groups excluding carboxylic acids is 1. The van der Waals surface area contributed by atoms with E-state index in [4.69, 9.17) is 5.11 Å². The van der Waals surface area contributed by atoms with Gasteiger partial charge < -0.3 is 9.84 Å². The predicted octanol–water partition coefficient (Wildman–Crippen LogP) is 1.77. The van der Waals surface area contributed by atoms with Crippen molar-refractivity contribution in [2.24, 2.45) is 0 Å². The maximum atomic E-state index is 11.2. The summed E-state index contributed by atoms with van der Waals surface area (Å²) >= 11 is 3.34. The first-order valence-electron chi connectivity index (χ1n) is 4.16. The van der Waals surface area contributed by atoms with Crippen LogP contribution in [0.5, 0.6) is 0 Å². The minimum Gasteiger partial charge on any atom is -0.465 e. The zero-order valence-electron chi connectivity index (χ0n) is 7.79. The van der Waals surface area contributed by atoms with Gasteiger partial charge in [0.2, 0.25) is 0 Å². The molecule has 1 N–H and O–H groups in total. The van der Waals surface area contributed by atoms with Crippen LogP contribution in [0.4, 0.5) is 0 Å². The lowest BCUT2D eigenvalue weighted by atomic mass is 10.1. The zero-order valence-corrected chi connectivity index (χ0v) is 9.37. The Morgan fingerprint density at radius 2 is 2.29 bits per heavy atom. The zero-order chi connectivity index (χ0) is 10.6. The van der Waals surface area contributed by atoms with Gasteiger partial charge in [0.1, 0.15) is 0 Å². The molecule has 0 aliphatic carbocycles. The van der Waals surface area contributed by atoms with Crippen LogP contribution in [0.1, 0.15) is 15.9 Å². The van der Waals surface area contributed by atoms with E-state index in [1.807, 2.05) is 0 Å². The van der Waals surface area contributed by atoms with E-state index in [9.17, 15) is 4.79 Å². The van der Waals surface area contributed by atoms with Gasteiger partial charge in [-0.3, -0.25) is 0 Å². The second kappa shape index (κ2) is 5.12. The van der Waals surface area contributed by atoms with Crippen molar-refractivity contribution in [3.8, 4) is 0 Å². The molecule has 0 heterocycles. The summed E-state index contributed by atoms with van der Waals surface area (Å²) in [5.74, 6) is -0.364. The third-order valence-corrected chi connectivity index (χ3v) is 2.62. The molecular formula is C10H11BrO3. The minimum atomic E-state index is -0.364. The van der Waals surface area contributed by atoms with E-state index >= 15 is 0 Å². The molecule has 0 amide bonds. The van der Waals surface area contributed by atoms with Crippen molar-refractivity contribution in [1.82, 2.24) is 0 Å². The molecule has 76 valence electrons. The van der Waals surface area contributed by atoms with Gasteiger partial charge in [-0.1, -0.05) is 15.9 Å². The smallest absolute Gasteiger partial charge is 0.337 e. The number of hydrogen-bond donors (Lipinski definition) is 1. The molecule has 0 aliphatic rings. The third-order valence-electron chi connectivity index (χ3n) is 1.85. The topological polar surface area (TPSA) is 46.5 Å². The third kappa shape index (κ3) is 2.56. The normalized spacial score (nSPS) is 9.93. The number of aliphatic hydroxyl groups is 1. The van der Waals surface area contributed by atoms with Gasteiger partial charge in [0.25, 0.3) is 0 Å². The van der Waals surface area contributed by atoms with Gasteiger partial charge in [0.05, 0.1) is 12.7 Å². The number of ether oxygens (including phenoxy) is 1. The lowest BCUT2D eigenvalue weighted by Crippen LogP contribution is -2.03. The Hall–Kier alpha value is -0.870. The molecule has 3 nitrogen and oxygen atoms in total. The summed E-state index contributed by atoms with van der Waals surface area (Å²) in [7, 11) is 1.34. The van der Waals surface area contributed by atoms with Crippen LogP contribution < -0.4 is 0 Å². The highest BCUT2D eigenvalue weighted by atomic mass is 79.9. The predicted molar refractivity (Wildman–Crippen MR) is 56.3 cm³/mol. The molecule has 4 heteroatoms. The molecular weight excluding hydrogens is 248 g/mol. The number of aliphatic hydroxyl groups excluding tert-OH is 1. The summed E-state index contributed by atoms with van der Waals surface area (Å²) in [6.07, 6.45) is 0.519. The number of benzene rings is 1. The highest BCUT2D eigenvalue weighted by Gasteiger charge is 2.07. The lowest BCUT2D eigenvalue weighted by Gasteiger charge is -2.05. The molecule has 0 saturated heterocycles. The van der Waals surface area contributed by atoms with E-state index in [1.165, 1.54) is 7.11 Å². The molecule has 0 atom stereocenters. The van der Waals surface area contributed by atoms with Crippen molar-refractivity contribution >= 4 is 21.9 Å². The Morgan fingerprint density at radius 3 is 2.86 bits per heavy atom. The van der Waals surface area contributed by atoms with Gasteiger partial charge >= 0.3 is 5.97 Å². The second-order valence-corrected chi connectivity index (χ2v) is 3.63. The molecule has 0 aromatic heterocycles.